The number of rotatable bonds is 5. The van der Waals surface area contributed by atoms with E-state index in [9.17, 15) is 0 Å². The highest BCUT2D eigenvalue weighted by atomic mass is 14.9. The van der Waals surface area contributed by atoms with Crippen LogP contribution in [0.5, 0.6) is 0 Å². The number of hydrogen-bond acceptors (Lipinski definition) is 2. The van der Waals surface area contributed by atoms with Crippen molar-refractivity contribution >= 4 is 0 Å². The van der Waals surface area contributed by atoms with Crippen molar-refractivity contribution < 1.29 is 0 Å². The molecule has 1 aromatic rings. The molecule has 70 valence electrons. The molecule has 0 aliphatic heterocycles. The second kappa shape index (κ2) is 6.85. The zero-order valence-corrected chi connectivity index (χ0v) is 7.84. The Hall–Kier alpha value is -0.830. The molecule has 0 bridgehead atoms. The third-order valence-electron chi connectivity index (χ3n) is 1.82. The number of H-pyrrole nitrogens is 1. The molecule has 0 saturated carbocycles. The molecule has 1 aromatic heterocycles. The van der Waals surface area contributed by atoms with Gasteiger partial charge in [-0.15, -0.1) is 0 Å². The van der Waals surface area contributed by atoms with E-state index < -0.39 is 0 Å². The Balaban J connectivity index is 0.00000121. The monoisotopic (exact) mass is 169 g/mol. The number of nitrogens with zero attached hydrogens (tertiary/aromatic N) is 1. The third-order valence-corrected chi connectivity index (χ3v) is 1.82. The van der Waals surface area contributed by atoms with Gasteiger partial charge in [0.2, 0.25) is 0 Å². The molecule has 3 heteroatoms. The Morgan fingerprint density at radius 1 is 1.33 bits per heavy atom. The summed E-state index contributed by atoms with van der Waals surface area (Å²) in [7, 11) is 0. The van der Waals surface area contributed by atoms with Gasteiger partial charge in [-0.1, -0.05) is 26.2 Å². The molecule has 0 amide bonds. The Bertz CT molecular complexity index is 170. The fraction of sp³-hybridized carbons (Fsp3) is 0.667. The van der Waals surface area contributed by atoms with Crippen molar-refractivity contribution in [1.29, 1.82) is 0 Å². The highest BCUT2D eigenvalue weighted by Crippen LogP contribution is 2.02. The lowest BCUT2D eigenvalue weighted by atomic mass is 10.1. The third kappa shape index (κ3) is 4.13. The molecule has 0 spiro atoms. The minimum Gasteiger partial charge on any atom is -0.349 e. The second-order valence-electron chi connectivity index (χ2n) is 2.85. The zero-order chi connectivity index (χ0) is 7.94. The summed E-state index contributed by atoms with van der Waals surface area (Å²) in [6.07, 6.45) is 10.1. The lowest BCUT2D eigenvalue weighted by Gasteiger charge is -1.95. The van der Waals surface area contributed by atoms with Gasteiger partial charge in [0.1, 0.15) is 5.82 Å². The SMILES string of the molecule is CCCCCCc1ncc[nH]1.N. The molecule has 1 rings (SSSR count). The molecule has 0 aliphatic rings. The number of unbranched alkanes of at least 4 members (excludes halogenated alkanes) is 3. The van der Waals surface area contributed by atoms with Crippen molar-refractivity contribution in [3.63, 3.8) is 0 Å². The van der Waals surface area contributed by atoms with Crippen LogP contribution < -0.4 is 6.15 Å². The highest BCUT2D eigenvalue weighted by molar-refractivity contribution is 4.86. The average Bonchev–Trinajstić information content (AvgIpc) is 2.50. The van der Waals surface area contributed by atoms with E-state index >= 15 is 0 Å². The maximum absolute atomic E-state index is 4.16. The number of aromatic amines is 1. The van der Waals surface area contributed by atoms with Crippen molar-refractivity contribution in [3.8, 4) is 0 Å². The van der Waals surface area contributed by atoms with E-state index in [2.05, 4.69) is 16.9 Å². The summed E-state index contributed by atoms with van der Waals surface area (Å²) in [4.78, 5) is 7.26. The van der Waals surface area contributed by atoms with Gasteiger partial charge < -0.3 is 11.1 Å². The fourth-order valence-corrected chi connectivity index (χ4v) is 1.15. The van der Waals surface area contributed by atoms with Gasteiger partial charge in [0.25, 0.3) is 0 Å². The first-order valence-corrected chi connectivity index (χ1v) is 4.41. The molecule has 3 nitrogen and oxygen atoms in total. The Labute approximate surface area is 74.2 Å². The lowest BCUT2D eigenvalue weighted by molar-refractivity contribution is 0.655. The zero-order valence-electron chi connectivity index (χ0n) is 7.84. The molecule has 0 saturated heterocycles. The molecular weight excluding hydrogens is 150 g/mol. The van der Waals surface area contributed by atoms with Gasteiger partial charge in [0.05, 0.1) is 0 Å². The Morgan fingerprint density at radius 3 is 2.75 bits per heavy atom. The van der Waals surface area contributed by atoms with Crippen LogP contribution in [0.3, 0.4) is 0 Å². The lowest BCUT2D eigenvalue weighted by Crippen LogP contribution is -1.87. The summed E-state index contributed by atoms with van der Waals surface area (Å²) in [6.45, 7) is 2.23. The van der Waals surface area contributed by atoms with Gasteiger partial charge in [0.15, 0.2) is 0 Å². The van der Waals surface area contributed by atoms with Crippen LogP contribution in [0.25, 0.3) is 0 Å². The molecular formula is C9H19N3. The number of hydrogen-bond donors (Lipinski definition) is 2. The highest BCUT2D eigenvalue weighted by Gasteiger charge is 1.92. The van der Waals surface area contributed by atoms with E-state index in [4.69, 9.17) is 0 Å². The number of aryl methyl sites for hydroxylation is 1. The molecule has 4 N–H and O–H groups in total. The van der Waals surface area contributed by atoms with Crippen molar-refractivity contribution in [3.05, 3.63) is 18.2 Å². The summed E-state index contributed by atoms with van der Waals surface area (Å²) in [5.74, 6) is 1.13. The molecule has 12 heavy (non-hydrogen) atoms. The normalized spacial score (nSPS) is 9.42. The first-order valence-electron chi connectivity index (χ1n) is 4.41. The summed E-state index contributed by atoms with van der Waals surface area (Å²) in [6, 6.07) is 0. The summed E-state index contributed by atoms with van der Waals surface area (Å²) >= 11 is 0. The molecule has 0 aliphatic carbocycles. The summed E-state index contributed by atoms with van der Waals surface area (Å²) in [5.41, 5.74) is 0. The summed E-state index contributed by atoms with van der Waals surface area (Å²) in [5, 5.41) is 0. The summed E-state index contributed by atoms with van der Waals surface area (Å²) < 4.78 is 0. The van der Waals surface area contributed by atoms with Gasteiger partial charge in [-0.25, -0.2) is 4.98 Å². The molecule has 0 unspecified atom stereocenters. The van der Waals surface area contributed by atoms with E-state index in [1.54, 1.807) is 0 Å². The van der Waals surface area contributed by atoms with Crippen LogP contribution >= 0.6 is 0 Å². The Kier molecular flexibility index (Phi) is 6.38. The molecule has 0 atom stereocenters. The maximum Gasteiger partial charge on any atom is 0.105 e. The van der Waals surface area contributed by atoms with Crippen molar-refractivity contribution in [1.82, 2.24) is 16.1 Å². The first-order chi connectivity index (χ1) is 5.43. The Morgan fingerprint density at radius 2 is 2.17 bits per heavy atom. The van der Waals surface area contributed by atoms with Crippen LogP contribution in [0.1, 0.15) is 38.4 Å². The second-order valence-corrected chi connectivity index (χ2v) is 2.85. The largest absolute Gasteiger partial charge is 0.349 e. The van der Waals surface area contributed by atoms with Gasteiger partial charge in [-0.05, 0) is 6.42 Å². The smallest absolute Gasteiger partial charge is 0.105 e. The standard InChI is InChI=1S/C9H16N2.H3N/c1-2-3-4-5-6-9-10-7-8-11-9;/h7-8H,2-6H2,1H3,(H,10,11);1H3. The fourth-order valence-electron chi connectivity index (χ4n) is 1.15. The van der Waals surface area contributed by atoms with Crippen LogP contribution in [-0.4, -0.2) is 9.97 Å². The van der Waals surface area contributed by atoms with Crippen molar-refractivity contribution in [2.24, 2.45) is 0 Å². The van der Waals surface area contributed by atoms with E-state index in [1.165, 1.54) is 25.7 Å². The average molecular weight is 169 g/mol. The van der Waals surface area contributed by atoms with Gasteiger partial charge in [-0.2, -0.15) is 0 Å². The van der Waals surface area contributed by atoms with Gasteiger partial charge in [0, 0.05) is 18.8 Å². The van der Waals surface area contributed by atoms with E-state index in [0.717, 1.165) is 12.2 Å². The van der Waals surface area contributed by atoms with Crippen LogP contribution in [0.2, 0.25) is 0 Å². The number of imidazole rings is 1. The van der Waals surface area contributed by atoms with Gasteiger partial charge in [-0.3, -0.25) is 0 Å². The predicted octanol–water partition coefficient (Wildman–Crippen LogP) is 2.69. The van der Waals surface area contributed by atoms with E-state index in [-0.39, 0.29) is 6.15 Å². The minimum atomic E-state index is 0. The van der Waals surface area contributed by atoms with E-state index in [1.807, 2.05) is 12.4 Å². The van der Waals surface area contributed by atoms with Crippen LogP contribution in [0.4, 0.5) is 0 Å². The van der Waals surface area contributed by atoms with Crippen LogP contribution in [0.15, 0.2) is 12.4 Å². The van der Waals surface area contributed by atoms with E-state index in [0.29, 0.717) is 0 Å². The molecule has 1 heterocycles. The number of aromatic nitrogens is 2. The predicted molar refractivity (Wildman–Crippen MR) is 51.5 cm³/mol. The quantitative estimate of drug-likeness (QED) is 0.665. The maximum atomic E-state index is 4.16. The first kappa shape index (κ1) is 11.2. The van der Waals surface area contributed by atoms with Crippen LogP contribution in [0, 0.1) is 0 Å². The number of nitrogens with one attached hydrogen (secondary N) is 1. The molecule has 0 aromatic carbocycles. The topological polar surface area (TPSA) is 63.7 Å². The van der Waals surface area contributed by atoms with Gasteiger partial charge >= 0.3 is 0 Å². The molecule has 0 fully saturated rings. The van der Waals surface area contributed by atoms with Crippen molar-refractivity contribution in [2.45, 2.75) is 39.0 Å². The van der Waals surface area contributed by atoms with Crippen molar-refractivity contribution in [2.75, 3.05) is 0 Å². The minimum absolute atomic E-state index is 0. The van der Waals surface area contributed by atoms with Crippen LogP contribution in [-0.2, 0) is 6.42 Å². The molecule has 0 radical (unpaired) electrons.